The molecule has 0 aliphatic carbocycles. The first-order valence-corrected chi connectivity index (χ1v) is 21.1. The molecular formula is C48H56B4N8Zn2. The Bertz CT molecular complexity index is 1900. The van der Waals surface area contributed by atoms with Gasteiger partial charge in [0.15, 0.2) is 0 Å². The normalized spacial score (nSPS) is 11.0. The third kappa shape index (κ3) is 13.9. The van der Waals surface area contributed by atoms with Crippen molar-refractivity contribution in [3.05, 3.63) is 195 Å². The second kappa shape index (κ2) is 24.4. The average Bonchev–Trinajstić information content (AvgIpc) is 3.32. The number of hydrogen-bond donors (Lipinski definition) is 0. The SMILES string of the molecule is C[B-](C)(c1ccccn1)c1ccccn1.C[B-](C)(c1ccccn1)c1ccccn1.C[B-](C)(c1ccccn1)c1ccccn1.C[B-](C)(c1ccccn1)c1ccccn1.[Zn+2].[Zn+2]. The predicted molar refractivity (Wildman–Crippen MR) is 261 cm³/mol. The van der Waals surface area contributed by atoms with Crippen LogP contribution in [-0.4, -0.2) is 64.5 Å². The molecule has 0 unspecified atom stereocenters. The quantitative estimate of drug-likeness (QED) is 0.192. The fourth-order valence-electron chi connectivity index (χ4n) is 7.03. The smallest absolute Gasteiger partial charge is 0.303 e. The topological polar surface area (TPSA) is 103 Å². The van der Waals surface area contributed by atoms with Gasteiger partial charge in [0, 0.05) is 49.6 Å². The Morgan fingerprint density at radius 2 is 0.323 bits per heavy atom. The van der Waals surface area contributed by atoms with Gasteiger partial charge in [-0.2, -0.15) is 54.6 Å². The molecule has 62 heavy (non-hydrogen) atoms. The molecule has 0 bridgehead atoms. The molecular weight excluding hydrogens is 863 g/mol. The van der Waals surface area contributed by atoms with E-state index in [1.54, 1.807) is 0 Å². The van der Waals surface area contributed by atoms with Crippen LogP contribution >= 0.6 is 0 Å². The van der Waals surface area contributed by atoms with Gasteiger partial charge in [-0.25, -0.2) is 0 Å². The van der Waals surface area contributed by atoms with Crippen molar-refractivity contribution in [2.45, 2.75) is 54.6 Å². The van der Waals surface area contributed by atoms with Crippen molar-refractivity contribution >= 4 is 69.3 Å². The second-order valence-corrected chi connectivity index (χ2v) is 17.5. The Balaban J connectivity index is 0.000000218. The van der Waals surface area contributed by atoms with E-state index in [1.165, 1.54) is 0 Å². The summed E-state index contributed by atoms with van der Waals surface area (Å²) in [5, 5.41) is 0. The zero-order chi connectivity index (χ0) is 42.9. The van der Waals surface area contributed by atoms with Gasteiger partial charge in [0.2, 0.25) is 0 Å². The Hall–Kier alpha value is -5.29. The van der Waals surface area contributed by atoms with Gasteiger partial charge in [0.25, 0.3) is 0 Å². The molecule has 0 fully saturated rings. The molecule has 0 saturated carbocycles. The van der Waals surface area contributed by atoms with E-state index < -0.39 is 24.6 Å². The first-order valence-electron chi connectivity index (χ1n) is 21.1. The monoisotopic (exact) mass is 916 g/mol. The average molecular weight is 919 g/mol. The van der Waals surface area contributed by atoms with E-state index in [4.69, 9.17) is 0 Å². The van der Waals surface area contributed by atoms with Crippen LogP contribution in [0.5, 0.6) is 0 Å². The van der Waals surface area contributed by atoms with Crippen molar-refractivity contribution in [2.75, 3.05) is 0 Å². The minimum absolute atomic E-state index is 0. The minimum atomic E-state index is -0.830. The van der Waals surface area contributed by atoms with Crippen LogP contribution in [0.15, 0.2) is 195 Å². The van der Waals surface area contributed by atoms with E-state index >= 15 is 0 Å². The van der Waals surface area contributed by atoms with Gasteiger partial charge in [0.05, 0.1) is 24.6 Å². The number of pyridine rings is 8. The van der Waals surface area contributed by atoms with Crippen LogP contribution in [0.4, 0.5) is 0 Å². The van der Waals surface area contributed by atoms with Crippen molar-refractivity contribution in [3.63, 3.8) is 0 Å². The van der Waals surface area contributed by atoms with Gasteiger partial charge in [-0.15, -0.1) is 44.7 Å². The third-order valence-corrected chi connectivity index (χ3v) is 11.4. The van der Waals surface area contributed by atoms with Gasteiger partial charge in [-0.05, 0) is 48.5 Å². The van der Waals surface area contributed by atoms with E-state index in [2.05, 4.69) is 143 Å². The van der Waals surface area contributed by atoms with Gasteiger partial charge < -0.3 is 39.9 Å². The van der Waals surface area contributed by atoms with Gasteiger partial charge >= 0.3 is 39.0 Å². The number of nitrogens with zero attached hydrogens (tertiary/aromatic N) is 8. The summed E-state index contributed by atoms with van der Waals surface area (Å²) in [4.78, 5) is 35.3. The van der Waals surface area contributed by atoms with Crippen molar-refractivity contribution in [3.8, 4) is 0 Å². The zero-order valence-electron chi connectivity index (χ0n) is 37.8. The molecule has 8 rings (SSSR count). The van der Waals surface area contributed by atoms with Crippen molar-refractivity contribution in [1.29, 1.82) is 0 Å². The summed E-state index contributed by atoms with van der Waals surface area (Å²) in [5.74, 6) is 0. The Kier molecular flexibility index (Phi) is 20.1. The van der Waals surface area contributed by atoms with Gasteiger partial charge in [-0.3, -0.25) is 0 Å². The fraction of sp³-hybridized carbons (Fsp3) is 0.167. The molecule has 0 saturated heterocycles. The molecule has 0 aliphatic heterocycles. The maximum atomic E-state index is 4.41. The number of hydrogen-bond acceptors (Lipinski definition) is 8. The Labute approximate surface area is 395 Å². The number of aromatic nitrogens is 8. The maximum Gasteiger partial charge on any atom is 2.00 e. The van der Waals surface area contributed by atoms with E-state index in [-0.39, 0.29) is 39.0 Å². The van der Waals surface area contributed by atoms with Crippen LogP contribution in [0.2, 0.25) is 54.6 Å². The van der Waals surface area contributed by atoms with Crippen molar-refractivity contribution in [1.82, 2.24) is 39.9 Å². The maximum absolute atomic E-state index is 4.41. The van der Waals surface area contributed by atoms with E-state index in [0.717, 1.165) is 44.7 Å². The van der Waals surface area contributed by atoms with Crippen LogP contribution in [-0.2, 0) is 39.0 Å². The first-order chi connectivity index (χ1) is 28.8. The molecule has 0 radical (unpaired) electrons. The van der Waals surface area contributed by atoms with Crippen molar-refractivity contribution in [2.24, 2.45) is 0 Å². The Morgan fingerprint density at radius 1 is 0.210 bits per heavy atom. The molecule has 0 amide bonds. The summed E-state index contributed by atoms with van der Waals surface area (Å²) < 4.78 is 0. The molecule has 0 atom stereocenters. The molecule has 8 aromatic heterocycles. The van der Waals surface area contributed by atoms with E-state index in [0.29, 0.717) is 0 Å². The minimum Gasteiger partial charge on any atom is -0.303 e. The summed E-state index contributed by atoms with van der Waals surface area (Å²) >= 11 is 0. The molecule has 0 N–H and O–H groups in total. The molecule has 0 aromatic carbocycles. The molecule has 14 heteroatoms. The summed E-state index contributed by atoms with van der Waals surface area (Å²) in [5.41, 5.74) is 8.86. The second-order valence-electron chi connectivity index (χ2n) is 17.5. The Morgan fingerprint density at radius 3 is 0.403 bits per heavy atom. The summed E-state index contributed by atoms with van der Waals surface area (Å²) in [6.45, 7) is 17.6. The van der Waals surface area contributed by atoms with Crippen LogP contribution < -0.4 is 44.7 Å². The standard InChI is InChI=1S/4C12H14BN2.2Zn/c4*1-13(2,11-7-3-5-9-14-11)12-8-4-6-10-15-12;;/h4*3-10H,1-2H3;;/q4*-1;2*+2. The molecule has 304 valence electrons. The predicted octanol–water partition coefficient (Wildman–Crippen LogP) is 5.19. The molecule has 8 heterocycles. The van der Waals surface area contributed by atoms with E-state index in [9.17, 15) is 0 Å². The molecule has 0 aliphatic rings. The van der Waals surface area contributed by atoms with Gasteiger partial charge in [0.1, 0.15) is 0 Å². The van der Waals surface area contributed by atoms with Crippen molar-refractivity contribution < 1.29 is 39.0 Å². The first kappa shape index (κ1) is 51.1. The van der Waals surface area contributed by atoms with E-state index in [1.807, 2.05) is 147 Å². The molecule has 8 nitrogen and oxygen atoms in total. The zero-order valence-corrected chi connectivity index (χ0v) is 43.7. The van der Waals surface area contributed by atoms with Crippen LogP contribution in [0, 0.1) is 0 Å². The van der Waals surface area contributed by atoms with Gasteiger partial charge in [-0.1, -0.05) is 97.1 Å². The fourth-order valence-corrected chi connectivity index (χ4v) is 7.03. The molecule has 8 aromatic rings. The van der Waals surface area contributed by atoms with Crippen LogP contribution in [0.25, 0.3) is 0 Å². The largest absolute Gasteiger partial charge is 2.00 e. The van der Waals surface area contributed by atoms with Crippen LogP contribution in [0.3, 0.4) is 0 Å². The summed E-state index contributed by atoms with van der Waals surface area (Å²) in [6, 6.07) is 48.2. The van der Waals surface area contributed by atoms with Crippen LogP contribution in [0.1, 0.15) is 0 Å². The summed E-state index contributed by atoms with van der Waals surface area (Å²) in [7, 11) is 0. The number of rotatable bonds is 8. The molecule has 0 spiro atoms. The summed E-state index contributed by atoms with van der Waals surface area (Å²) in [6.07, 6.45) is 11.4. The third-order valence-electron chi connectivity index (χ3n) is 11.4.